The summed E-state index contributed by atoms with van der Waals surface area (Å²) in [5.74, 6) is 0.582. The smallest absolute Gasteiger partial charge is 0.318 e. The van der Waals surface area contributed by atoms with Crippen molar-refractivity contribution in [2.24, 2.45) is 0 Å². The van der Waals surface area contributed by atoms with Crippen molar-refractivity contribution >= 4 is 17.3 Å². The first-order chi connectivity index (χ1) is 16.5. The lowest BCUT2D eigenvalue weighted by Gasteiger charge is -2.18. The van der Waals surface area contributed by atoms with E-state index in [-0.39, 0.29) is 17.9 Å². The Morgan fingerprint density at radius 3 is 2.68 bits per heavy atom. The third kappa shape index (κ3) is 5.23. The van der Waals surface area contributed by atoms with E-state index < -0.39 is 0 Å². The van der Waals surface area contributed by atoms with Crippen LogP contribution in [0.5, 0.6) is 6.01 Å². The number of fused-ring (bicyclic) bond motifs is 1. The van der Waals surface area contributed by atoms with Crippen LogP contribution in [0.1, 0.15) is 32.4 Å². The van der Waals surface area contributed by atoms with Crippen molar-refractivity contribution in [1.82, 2.24) is 29.5 Å². The molecule has 0 unspecified atom stereocenters. The van der Waals surface area contributed by atoms with E-state index in [4.69, 9.17) is 10.5 Å². The Morgan fingerprint density at radius 1 is 1.18 bits per heavy atom. The molecule has 0 amide bonds. The quantitative estimate of drug-likeness (QED) is 0.365. The molecule has 0 saturated carbocycles. The van der Waals surface area contributed by atoms with Crippen LogP contribution in [0.25, 0.3) is 16.9 Å². The van der Waals surface area contributed by atoms with Crippen molar-refractivity contribution in [2.75, 3.05) is 37.3 Å². The van der Waals surface area contributed by atoms with E-state index in [1.54, 1.807) is 41.2 Å². The Morgan fingerprint density at radius 2 is 1.94 bits per heavy atom. The number of halogens is 1. The second-order valence-electron chi connectivity index (χ2n) is 7.86. The third-order valence-electron chi connectivity index (χ3n) is 5.65. The summed E-state index contributed by atoms with van der Waals surface area (Å²) in [6, 6.07) is 10.0. The molecule has 4 aromatic rings. The maximum Gasteiger partial charge on any atom is 0.318 e. The van der Waals surface area contributed by atoms with E-state index >= 15 is 0 Å². The molecule has 178 valence electrons. The first-order valence-corrected chi connectivity index (χ1v) is 11.3. The van der Waals surface area contributed by atoms with Crippen molar-refractivity contribution in [3.05, 3.63) is 60.2 Å². The molecule has 0 fully saturated rings. The Bertz CT molecular complexity index is 1240. The number of likely N-dealkylation sites (N-methyl/N-ethyl adjacent to an activating group) is 1. The van der Waals surface area contributed by atoms with Crippen LogP contribution in [0, 0.1) is 5.82 Å². The van der Waals surface area contributed by atoms with E-state index in [0.29, 0.717) is 35.1 Å². The molecule has 0 aliphatic heterocycles. The molecule has 1 aromatic carbocycles. The van der Waals surface area contributed by atoms with Gasteiger partial charge in [-0.25, -0.2) is 13.9 Å². The van der Waals surface area contributed by atoms with Gasteiger partial charge in [-0.05, 0) is 43.8 Å². The van der Waals surface area contributed by atoms with Crippen LogP contribution in [0.3, 0.4) is 0 Å². The number of rotatable bonds is 10. The molecule has 0 radical (unpaired) electrons. The zero-order valence-corrected chi connectivity index (χ0v) is 19.6. The topological polar surface area (TPSA) is 106 Å². The normalized spacial score (nSPS) is 12.3. The summed E-state index contributed by atoms with van der Waals surface area (Å²) in [5.41, 5.74) is 8.89. The molecule has 4 rings (SSSR count). The van der Waals surface area contributed by atoms with Gasteiger partial charge in [0.05, 0.1) is 11.3 Å². The van der Waals surface area contributed by atoms with Crippen LogP contribution in [-0.2, 0) is 0 Å². The molecule has 34 heavy (non-hydrogen) atoms. The van der Waals surface area contributed by atoms with E-state index in [0.717, 1.165) is 25.2 Å². The third-order valence-corrected chi connectivity index (χ3v) is 5.65. The number of hydrogen-bond donors (Lipinski definition) is 2. The van der Waals surface area contributed by atoms with Crippen LogP contribution in [0.2, 0.25) is 0 Å². The van der Waals surface area contributed by atoms with Crippen molar-refractivity contribution in [3.8, 4) is 17.3 Å². The SMILES string of the molecule is CCN(CC)CCOc1nc(N[C@@H](C)c2ccc(F)cc2)cc(-c2c(N)nn3cccnc23)n1. The molecule has 3 heterocycles. The molecule has 9 nitrogen and oxygen atoms in total. The van der Waals surface area contributed by atoms with Gasteiger partial charge in [0.15, 0.2) is 11.5 Å². The minimum absolute atomic E-state index is 0.133. The number of hydrogen-bond acceptors (Lipinski definition) is 8. The lowest BCUT2D eigenvalue weighted by atomic mass is 10.1. The molecule has 0 aliphatic rings. The fraction of sp³-hybridized carbons (Fsp3) is 0.333. The minimum atomic E-state index is -0.278. The summed E-state index contributed by atoms with van der Waals surface area (Å²) in [7, 11) is 0. The van der Waals surface area contributed by atoms with Gasteiger partial charge in [0.1, 0.15) is 18.2 Å². The highest BCUT2D eigenvalue weighted by atomic mass is 19.1. The lowest BCUT2D eigenvalue weighted by Crippen LogP contribution is -2.28. The van der Waals surface area contributed by atoms with Gasteiger partial charge in [-0.2, -0.15) is 9.97 Å². The minimum Gasteiger partial charge on any atom is -0.462 e. The lowest BCUT2D eigenvalue weighted by molar-refractivity contribution is 0.212. The summed E-state index contributed by atoms with van der Waals surface area (Å²) in [4.78, 5) is 15.8. The van der Waals surface area contributed by atoms with Gasteiger partial charge in [0.2, 0.25) is 0 Å². The first-order valence-electron chi connectivity index (χ1n) is 11.3. The molecule has 0 spiro atoms. The summed E-state index contributed by atoms with van der Waals surface area (Å²) in [5, 5.41) is 7.70. The molecular weight excluding hydrogens is 435 g/mol. The van der Waals surface area contributed by atoms with Gasteiger partial charge in [0, 0.05) is 31.0 Å². The van der Waals surface area contributed by atoms with Crippen molar-refractivity contribution in [2.45, 2.75) is 26.8 Å². The molecule has 10 heteroatoms. The van der Waals surface area contributed by atoms with Crippen LogP contribution in [0.15, 0.2) is 48.8 Å². The van der Waals surface area contributed by atoms with Crippen molar-refractivity contribution in [3.63, 3.8) is 0 Å². The average Bonchev–Trinajstić information content (AvgIpc) is 3.17. The fourth-order valence-electron chi connectivity index (χ4n) is 3.70. The predicted molar refractivity (Wildman–Crippen MR) is 130 cm³/mol. The highest BCUT2D eigenvalue weighted by Gasteiger charge is 2.18. The van der Waals surface area contributed by atoms with Gasteiger partial charge in [-0.3, -0.25) is 0 Å². The number of nitrogens with one attached hydrogen (secondary N) is 1. The largest absolute Gasteiger partial charge is 0.462 e. The maximum absolute atomic E-state index is 13.3. The average molecular weight is 465 g/mol. The van der Waals surface area contributed by atoms with Gasteiger partial charge in [-0.1, -0.05) is 26.0 Å². The number of nitrogens with two attached hydrogens (primary N) is 1. The second-order valence-corrected chi connectivity index (χ2v) is 7.86. The first kappa shape index (κ1) is 23.4. The summed E-state index contributed by atoms with van der Waals surface area (Å²) >= 11 is 0. The Labute approximate surface area is 197 Å². The number of nitrogens with zero attached hydrogens (tertiary/aromatic N) is 6. The van der Waals surface area contributed by atoms with Crippen molar-refractivity contribution in [1.29, 1.82) is 0 Å². The van der Waals surface area contributed by atoms with E-state index in [1.807, 2.05) is 6.92 Å². The van der Waals surface area contributed by atoms with Crippen LogP contribution in [0.4, 0.5) is 16.0 Å². The van der Waals surface area contributed by atoms with Gasteiger partial charge < -0.3 is 20.7 Å². The summed E-state index contributed by atoms with van der Waals surface area (Å²) in [6.07, 6.45) is 3.46. The van der Waals surface area contributed by atoms with E-state index in [1.165, 1.54) is 12.1 Å². The zero-order valence-electron chi connectivity index (χ0n) is 19.6. The highest BCUT2D eigenvalue weighted by Crippen LogP contribution is 2.31. The Balaban J connectivity index is 1.67. The van der Waals surface area contributed by atoms with E-state index in [2.05, 4.69) is 44.1 Å². The zero-order chi connectivity index (χ0) is 24.1. The molecule has 0 aliphatic carbocycles. The Kier molecular flexibility index (Phi) is 7.17. The van der Waals surface area contributed by atoms with Gasteiger partial charge in [-0.15, -0.1) is 5.10 Å². The molecule has 1 atom stereocenters. The molecule has 3 aromatic heterocycles. The van der Waals surface area contributed by atoms with Gasteiger partial charge >= 0.3 is 6.01 Å². The van der Waals surface area contributed by atoms with Gasteiger partial charge in [0.25, 0.3) is 0 Å². The summed E-state index contributed by atoms with van der Waals surface area (Å²) in [6.45, 7) is 9.28. The van der Waals surface area contributed by atoms with Crippen LogP contribution < -0.4 is 15.8 Å². The summed E-state index contributed by atoms with van der Waals surface area (Å²) < 4.78 is 20.9. The monoisotopic (exact) mass is 464 g/mol. The van der Waals surface area contributed by atoms with Crippen LogP contribution >= 0.6 is 0 Å². The highest BCUT2D eigenvalue weighted by molar-refractivity contribution is 5.85. The molecule has 0 saturated heterocycles. The van der Waals surface area contributed by atoms with Crippen LogP contribution in [-0.4, -0.2) is 55.7 Å². The predicted octanol–water partition coefficient (Wildman–Crippen LogP) is 3.80. The molecule has 0 bridgehead atoms. The Hall–Kier alpha value is -3.79. The number of aromatic nitrogens is 5. The number of benzene rings is 1. The van der Waals surface area contributed by atoms with Crippen molar-refractivity contribution < 1.29 is 9.13 Å². The number of nitrogen functional groups attached to an aromatic ring is 1. The molecule has 3 N–H and O–H groups in total. The molecular formula is C24H29FN8O. The maximum atomic E-state index is 13.3. The standard InChI is InChI=1S/C24H29FN8O/c1-4-32(5-2)13-14-34-24-29-19(21-22(26)31-33-12-6-11-27-23(21)33)15-20(30-24)28-16(3)17-7-9-18(25)10-8-17/h6-12,15-16H,4-5,13-14H2,1-3H3,(H2,26,31)(H,28,29,30)/t16-/m0/s1. The second kappa shape index (κ2) is 10.4. The fourth-order valence-corrected chi connectivity index (χ4v) is 3.70. The number of ether oxygens (including phenoxy) is 1. The van der Waals surface area contributed by atoms with E-state index in [9.17, 15) is 4.39 Å². The number of anilines is 2.